The number of nitrogens with zero attached hydrogens (tertiary/aromatic N) is 2. The van der Waals surface area contributed by atoms with Gasteiger partial charge >= 0.3 is 5.97 Å². The van der Waals surface area contributed by atoms with Gasteiger partial charge < -0.3 is 19.6 Å². The molecule has 0 aliphatic carbocycles. The number of rotatable bonds is 5. The number of thioether (sulfide) groups is 1. The lowest BCUT2D eigenvalue weighted by molar-refractivity contribution is -0.153. The van der Waals surface area contributed by atoms with Crippen LogP contribution in [0.2, 0.25) is 0 Å². The van der Waals surface area contributed by atoms with Crippen LogP contribution in [0.3, 0.4) is 0 Å². The number of ether oxygens (including phenoxy) is 1. The highest BCUT2D eigenvalue weighted by Gasteiger charge is 2.70. The minimum absolute atomic E-state index is 0.00852. The Morgan fingerprint density at radius 2 is 2.03 bits per heavy atom. The largest absolute Gasteiger partial charge is 0.465 e. The number of allylic oxidation sites excluding steroid dienone is 1. The topological polar surface area (TPSA) is 87.2 Å². The van der Waals surface area contributed by atoms with Crippen molar-refractivity contribution in [2.75, 3.05) is 26.3 Å². The minimum atomic E-state index is -0.783. The lowest BCUT2D eigenvalue weighted by atomic mass is 9.78. The number of hydrogen-bond donors (Lipinski definition) is 1. The number of unbranched alkanes of at least 4 members (excludes halogenated alkanes) is 1. The second-order valence-electron chi connectivity index (χ2n) is 9.03. The van der Waals surface area contributed by atoms with E-state index in [-0.39, 0.29) is 35.7 Å². The Morgan fingerprint density at radius 1 is 1.23 bits per heavy atom. The predicted octanol–water partition coefficient (Wildman–Crippen LogP) is 1.76. The number of hydrogen-bond acceptors (Lipinski definition) is 6. The average molecular weight is 449 g/mol. The number of cyclic esters (lactones) is 1. The Hall–Kier alpha value is -1.80. The van der Waals surface area contributed by atoms with Crippen molar-refractivity contribution < 1.29 is 24.2 Å². The highest BCUT2D eigenvalue weighted by atomic mass is 32.2. The zero-order valence-electron chi connectivity index (χ0n) is 18.2. The standard InChI is InChI=1S/C23H32N2O5S/c1-15(2)24-12-8-10-23-18(17-16(31-23)9-4-3-7-14-30-22(17)29)20(27)25(11-5-6-13-26)19(23)21(24)28/h4,8-10,15-19,26H,3,5-7,11-14H2,1-2H3/b9-4-/t16-,17+,18-,19?,23-/m0/s1. The van der Waals surface area contributed by atoms with Crippen LogP contribution in [-0.2, 0) is 19.1 Å². The van der Waals surface area contributed by atoms with Crippen molar-refractivity contribution in [2.45, 2.75) is 61.6 Å². The van der Waals surface area contributed by atoms with Gasteiger partial charge in [-0.25, -0.2) is 0 Å². The number of esters is 1. The first-order valence-corrected chi connectivity index (χ1v) is 12.2. The van der Waals surface area contributed by atoms with Gasteiger partial charge in [0.1, 0.15) is 6.04 Å². The summed E-state index contributed by atoms with van der Waals surface area (Å²) in [6, 6.07) is -0.638. The van der Waals surface area contributed by atoms with Gasteiger partial charge in [-0.2, -0.15) is 0 Å². The first-order chi connectivity index (χ1) is 14.9. The second-order valence-corrected chi connectivity index (χ2v) is 10.5. The summed E-state index contributed by atoms with van der Waals surface area (Å²) in [5, 5.41) is 9.03. The molecule has 8 heteroatoms. The minimum Gasteiger partial charge on any atom is -0.465 e. The molecule has 2 fully saturated rings. The quantitative estimate of drug-likeness (QED) is 0.392. The number of likely N-dealkylation sites (tertiary alicyclic amines) is 1. The van der Waals surface area contributed by atoms with Crippen LogP contribution in [0.1, 0.15) is 39.5 Å². The Balaban J connectivity index is 1.79. The van der Waals surface area contributed by atoms with Crippen LogP contribution in [0.15, 0.2) is 24.3 Å². The molecule has 0 bridgehead atoms. The van der Waals surface area contributed by atoms with Crippen molar-refractivity contribution >= 4 is 29.5 Å². The van der Waals surface area contributed by atoms with Gasteiger partial charge in [0, 0.05) is 31.0 Å². The highest BCUT2D eigenvalue weighted by Crippen LogP contribution is 2.60. The SMILES string of the molecule is CC(C)N1CC=C[C@]23S[C@H]4/C=C\CCCOC(=O)[C@H]4[C@H]2C(=O)N(CCCCO)C3C1=O. The summed E-state index contributed by atoms with van der Waals surface area (Å²) in [5.41, 5.74) is 0. The number of aliphatic hydroxyl groups is 1. The predicted molar refractivity (Wildman–Crippen MR) is 118 cm³/mol. The van der Waals surface area contributed by atoms with E-state index in [1.807, 2.05) is 37.0 Å². The molecule has 4 heterocycles. The molecular weight excluding hydrogens is 416 g/mol. The third-order valence-corrected chi connectivity index (χ3v) is 8.56. The highest BCUT2D eigenvalue weighted by molar-refractivity contribution is 8.02. The molecule has 4 aliphatic rings. The number of aliphatic hydroxyl groups excluding tert-OH is 1. The molecule has 170 valence electrons. The zero-order valence-corrected chi connectivity index (χ0v) is 19.1. The molecule has 31 heavy (non-hydrogen) atoms. The van der Waals surface area contributed by atoms with Gasteiger partial charge in [0.05, 0.1) is 23.2 Å². The van der Waals surface area contributed by atoms with Crippen molar-refractivity contribution in [3.63, 3.8) is 0 Å². The van der Waals surface area contributed by atoms with Gasteiger partial charge in [0.15, 0.2) is 0 Å². The summed E-state index contributed by atoms with van der Waals surface area (Å²) in [6.07, 6.45) is 10.9. The molecule has 0 aromatic carbocycles. The molecule has 1 spiro atoms. The molecule has 5 atom stereocenters. The van der Waals surface area contributed by atoms with Crippen molar-refractivity contribution in [3.8, 4) is 0 Å². The molecule has 7 nitrogen and oxygen atoms in total. The lowest BCUT2D eigenvalue weighted by Gasteiger charge is -2.36. The number of carbonyl (C=O) groups excluding carboxylic acids is 3. The molecular formula is C23H32N2O5S. The van der Waals surface area contributed by atoms with Crippen LogP contribution in [0, 0.1) is 11.8 Å². The van der Waals surface area contributed by atoms with E-state index >= 15 is 0 Å². The van der Waals surface area contributed by atoms with Gasteiger partial charge in [-0.15, -0.1) is 11.8 Å². The average Bonchev–Trinajstić information content (AvgIpc) is 3.13. The Bertz CT molecular complexity index is 797. The van der Waals surface area contributed by atoms with Gasteiger partial charge in [0.2, 0.25) is 11.8 Å². The van der Waals surface area contributed by atoms with E-state index in [9.17, 15) is 19.5 Å². The van der Waals surface area contributed by atoms with Gasteiger partial charge in [-0.1, -0.05) is 24.3 Å². The molecule has 4 rings (SSSR count). The molecule has 0 aromatic rings. The van der Waals surface area contributed by atoms with E-state index in [1.54, 1.807) is 16.7 Å². The van der Waals surface area contributed by atoms with Crippen LogP contribution in [0.25, 0.3) is 0 Å². The maximum atomic E-state index is 13.8. The van der Waals surface area contributed by atoms with Crippen LogP contribution >= 0.6 is 11.8 Å². The maximum absolute atomic E-state index is 13.8. The van der Waals surface area contributed by atoms with Crippen molar-refractivity contribution in [1.29, 1.82) is 0 Å². The first kappa shape index (κ1) is 22.4. The lowest BCUT2D eigenvalue weighted by Crippen LogP contribution is -2.54. The fourth-order valence-electron chi connectivity index (χ4n) is 5.37. The Morgan fingerprint density at radius 3 is 2.77 bits per heavy atom. The molecule has 0 aromatic heterocycles. The maximum Gasteiger partial charge on any atom is 0.311 e. The molecule has 0 radical (unpaired) electrons. The van der Waals surface area contributed by atoms with E-state index in [0.29, 0.717) is 32.5 Å². The first-order valence-electron chi connectivity index (χ1n) is 11.3. The van der Waals surface area contributed by atoms with E-state index in [0.717, 1.165) is 12.8 Å². The molecule has 1 unspecified atom stereocenters. The zero-order chi connectivity index (χ0) is 22.2. The normalized spacial score (nSPS) is 36.3. The number of fused-ring (bicyclic) bond motifs is 2. The fourth-order valence-corrected chi connectivity index (χ4v) is 7.37. The summed E-state index contributed by atoms with van der Waals surface area (Å²) < 4.78 is 4.76. The van der Waals surface area contributed by atoms with Crippen LogP contribution in [0.4, 0.5) is 0 Å². The van der Waals surface area contributed by atoms with E-state index in [4.69, 9.17) is 4.74 Å². The Kier molecular flexibility index (Phi) is 6.49. The van der Waals surface area contributed by atoms with E-state index in [2.05, 4.69) is 6.08 Å². The van der Waals surface area contributed by atoms with Gasteiger partial charge in [0.25, 0.3) is 0 Å². The van der Waals surface area contributed by atoms with Gasteiger partial charge in [-0.05, 0) is 39.5 Å². The molecule has 4 aliphatic heterocycles. The molecule has 2 saturated heterocycles. The fraction of sp³-hybridized carbons (Fsp3) is 0.696. The van der Waals surface area contributed by atoms with Crippen LogP contribution in [0.5, 0.6) is 0 Å². The number of amides is 2. The van der Waals surface area contributed by atoms with Crippen LogP contribution < -0.4 is 0 Å². The number of carbonyl (C=O) groups is 3. The molecule has 1 N–H and O–H groups in total. The summed E-state index contributed by atoms with van der Waals surface area (Å²) >= 11 is 1.58. The van der Waals surface area contributed by atoms with Crippen molar-refractivity contribution in [3.05, 3.63) is 24.3 Å². The van der Waals surface area contributed by atoms with E-state index in [1.165, 1.54) is 0 Å². The summed E-state index contributed by atoms with van der Waals surface area (Å²) in [5.74, 6) is -1.75. The van der Waals surface area contributed by atoms with Crippen LogP contribution in [-0.4, -0.2) is 81.1 Å². The third-order valence-electron chi connectivity index (χ3n) is 6.81. The van der Waals surface area contributed by atoms with E-state index < -0.39 is 22.6 Å². The summed E-state index contributed by atoms with van der Waals surface area (Å²) in [4.78, 5) is 44.1. The molecule has 0 saturated carbocycles. The summed E-state index contributed by atoms with van der Waals surface area (Å²) in [7, 11) is 0. The third kappa shape index (κ3) is 3.71. The van der Waals surface area contributed by atoms with Crippen molar-refractivity contribution in [2.24, 2.45) is 11.8 Å². The van der Waals surface area contributed by atoms with Gasteiger partial charge in [-0.3, -0.25) is 14.4 Å². The Labute approximate surface area is 187 Å². The van der Waals surface area contributed by atoms with Crippen molar-refractivity contribution in [1.82, 2.24) is 9.80 Å². The smallest absolute Gasteiger partial charge is 0.311 e. The molecule has 2 amide bonds. The second kappa shape index (κ2) is 8.98. The summed E-state index contributed by atoms with van der Waals surface area (Å²) in [6.45, 7) is 5.25. The monoisotopic (exact) mass is 448 g/mol.